The molecule has 6 heteroatoms. The minimum Gasteiger partial charge on any atom is -0.494 e. The smallest absolute Gasteiger partial charge is 0.313 e. The molecule has 1 heterocycles. The fraction of sp³-hybridized carbons (Fsp3) is 0.600. The standard InChI is InChI=1S/C20H29NO5/c1-3-13-26-17-8-5-16(6-9-17)7-10-18(22)21-12-4-11-20(14-21,15-25-2)19(23)24/h5-6,8-9H,3-4,7,10-15H2,1-2H3,(H,23,24). The second-order valence-corrected chi connectivity index (χ2v) is 6.93. The van der Waals surface area contributed by atoms with Gasteiger partial charge in [0.2, 0.25) is 5.91 Å². The van der Waals surface area contributed by atoms with Gasteiger partial charge in [0.15, 0.2) is 0 Å². The predicted molar refractivity (Wildman–Crippen MR) is 98.3 cm³/mol. The second-order valence-electron chi connectivity index (χ2n) is 6.93. The van der Waals surface area contributed by atoms with Gasteiger partial charge < -0.3 is 19.5 Å². The van der Waals surface area contributed by atoms with Crippen LogP contribution in [0.5, 0.6) is 5.75 Å². The van der Waals surface area contributed by atoms with Gasteiger partial charge in [0.1, 0.15) is 11.2 Å². The van der Waals surface area contributed by atoms with Gasteiger partial charge in [-0.05, 0) is 43.4 Å². The van der Waals surface area contributed by atoms with Crippen LogP contribution in [0, 0.1) is 5.41 Å². The zero-order valence-electron chi connectivity index (χ0n) is 15.7. The number of hydrogen-bond donors (Lipinski definition) is 1. The number of aryl methyl sites for hydroxylation is 1. The van der Waals surface area contributed by atoms with Crippen molar-refractivity contribution in [3.63, 3.8) is 0 Å². The molecule has 0 aromatic heterocycles. The number of carbonyl (C=O) groups excluding carboxylic acids is 1. The molecule has 1 aromatic carbocycles. The molecule has 1 unspecified atom stereocenters. The van der Waals surface area contributed by atoms with Crippen molar-refractivity contribution in [1.82, 2.24) is 4.90 Å². The zero-order chi connectivity index (χ0) is 19.0. The minimum absolute atomic E-state index is 0.00209. The topological polar surface area (TPSA) is 76.1 Å². The Morgan fingerprint density at radius 2 is 2.00 bits per heavy atom. The summed E-state index contributed by atoms with van der Waals surface area (Å²) in [6.45, 7) is 3.72. The number of carboxylic acid groups (broad SMARTS) is 1. The molecule has 1 N–H and O–H groups in total. The summed E-state index contributed by atoms with van der Waals surface area (Å²) in [7, 11) is 1.50. The van der Waals surface area contributed by atoms with Gasteiger partial charge in [-0.15, -0.1) is 0 Å². The normalized spacial score (nSPS) is 20.0. The highest BCUT2D eigenvalue weighted by Gasteiger charge is 2.43. The van der Waals surface area contributed by atoms with Crippen LogP contribution in [0.2, 0.25) is 0 Å². The molecular weight excluding hydrogens is 334 g/mol. The number of aliphatic carboxylic acids is 1. The van der Waals surface area contributed by atoms with Gasteiger partial charge in [0.05, 0.1) is 13.2 Å². The van der Waals surface area contributed by atoms with Gasteiger partial charge in [-0.1, -0.05) is 19.1 Å². The van der Waals surface area contributed by atoms with Crippen LogP contribution in [-0.4, -0.2) is 55.3 Å². The molecule has 0 aliphatic carbocycles. The van der Waals surface area contributed by atoms with E-state index in [4.69, 9.17) is 9.47 Å². The third kappa shape index (κ3) is 5.21. The fourth-order valence-electron chi connectivity index (χ4n) is 3.36. The summed E-state index contributed by atoms with van der Waals surface area (Å²) in [6.07, 6.45) is 3.20. The average molecular weight is 363 g/mol. The van der Waals surface area contributed by atoms with Crippen LogP contribution < -0.4 is 4.74 Å². The molecular formula is C20H29NO5. The molecule has 0 radical (unpaired) electrons. The molecule has 1 fully saturated rings. The first-order chi connectivity index (χ1) is 12.5. The Bertz CT molecular complexity index is 597. The first kappa shape index (κ1) is 20.2. The van der Waals surface area contributed by atoms with E-state index in [1.54, 1.807) is 4.90 Å². The first-order valence-electron chi connectivity index (χ1n) is 9.22. The second kappa shape index (κ2) is 9.57. The largest absolute Gasteiger partial charge is 0.494 e. The SMILES string of the molecule is CCCOc1ccc(CCC(=O)N2CCCC(COC)(C(=O)O)C2)cc1. The molecule has 1 saturated heterocycles. The van der Waals surface area contributed by atoms with E-state index in [1.807, 2.05) is 24.3 Å². The Hall–Kier alpha value is -2.08. The van der Waals surface area contributed by atoms with E-state index in [9.17, 15) is 14.7 Å². The van der Waals surface area contributed by atoms with Crippen LogP contribution in [0.1, 0.15) is 38.2 Å². The molecule has 2 rings (SSSR count). The van der Waals surface area contributed by atoms with Crippen molar-refractivity contribution in [2.24, 2.45) is 5.41 Å². The lowest BCUT2D eigenvalue weighted by Gasteiger charge is -2.39. The van der Waals surface area contributed by atoms with E-state index >= 15 is 0 Å². The van der Waals surface area contributed by atoms with Gasteiger partial charge in [-0.25, -0.2) is 0 Å². The van der Waals surface area contributed by atoms with E-state index in [0.717, 1.165) is 17.7 Å². The van der Waals surface area contributed by atoms with Crippen LogP contribution in [0.3, 0.4) is 0 Å². The molecule has 0 saturated carbocycles. The molecule has 1 atom stereocenters. The zero-order valence-corrected chi connectivity index (χ0v) is 15.7. The van der Waals surface area contributed by atoms with Gasteiger partial charge in [0.25, 0.3) is 0 Å². The number of rotatable bonds is 9. The maximum absolute atomic E-state index is 12.6. The Balaban J connectivity index is 1.89. The molecule has 26 heavy (non-hydrogen) atoms. The quantitative estimate of drug-likeness (QED) is 0.730. The highest BCUT2D eigenvalue weighted by atomic mass is 16.5. The van der Waals surface area contributed by atoms with Crippen molar-refractivity contribution in [3.05, 3.63) is 29.8 Å². The molecule has 1 aliphatic rings. The van der Waals surface area contributed by atoms with Crippen LogP contribution in [0.25, 0.3) is 0 Å². The predicted octanol–water partition coefficient (Wildman–Crippen LogP) is 2.75. The van der Waals surface area contributed by atoms with Gasteiger partial charge in [-0.2, -0.15) is 0 Å². The lowest BCUT2D eigenvalue weighted by molar-refractivity contribution is -0.159. The highest BCUT2D eigenvalue weighted by molar-refractivity contribution is 5.80. The number of carbonyl (C=O) groups is 2. The molecule has 1 amide bonds. The maximum Gasteiger partial charge on any atom is 0.313 e. The lowest BCUT2D eigenvalue weighted by atomic mass is 9.80. The number of amides is 1. The number of benzene rings is 1. The van der Waals surface area contributed by atoms with Crippen molar-refractivity contribution in [2.45, 2.75) is 39.0 Å². The Labute approximate surface area is 155 Å². The van der Waals surface area contributed by atoms with Crippen LogP contribution in [0.4, 0.5) is 0 Å². The van der Waals surface area contributed by atoms with Gasteiger partial charge in [0, 0.05) is 26.6 Å². The van der Waals surface area contributed by atoms with Gasteiger partial charge in [-0.3, -0.25) is 9.59 Å². The highest BCUT2D eigenvalue weighted by Crippen LogP contribution is 2.31. The van der Waals surface area contributed by atoms with Crippen molar-refractivity contribution in [3.8, 4) is 5.75 Å². The lowest BCUT2D eigenvalue weighted by Crippen LogP contribution is -2.52. The summed E-state index contributed by atoms with van der Waals surface area (Å²) >= 11 is 0. The van der Waals surface area contributed by atoms with E-state index in [-0.39, 0.29) is 19.1 Å². The molecule has 0 bridgehead atoms. The van der Waals surface area contributed by atoms with Crippen molar-refractivity contribution in [2.75, 3.05) is 33.4 Å². The van der Waals surface area contributed by atoms with Crippen molar-refractivity contribution >= 4 is 11.9 Å². The summed E-state index contributed by atoms with van der Waals surface area (Å²) in [6, 6.07) is 7.79. The number of methoxy groups -OCH3 is 1. The minimum atomic E-state index is -0.985. The molecule has 6 nitrogen and oxygen atoms in total. The monoisotopic (exact) mass is 363 g/mol. The number of nitrogens with zero attached hydrogens (tertiary/aromatic N) is 1. The molecule has 1 aromatic rings. The summed E-state index contributed by atoms with van der Waals surface area (Å²) in [5.41, 5.74) is 0.0848. The third-order valence-electron chi connectivity index (χ3n) is 4.83. The van der Waals surface area contributed by atoms with Crippen LogP contribution in [0.15, 0.2) is 24.3 Å². The van der Waals surface area contributed by atoms with Crippen molar-refractivity contribution in [1.29, 1.82) is 0 Å². The third-order valence-corrected chi connectivity index (χ3v) is 4.83. The number of ether oxygens (including phenoxy) is 2. The molecule has 1 aliphatic heterocycles. The Morgan fingerprint density at radius 1 is 1.27 bits per heavy atom. The van der Waals surface area contributed by atoms with Crippen LogP contribution >= 0.6 is 0 Å². The molecule has 144 valence electrons. The van der Waals surface area contributed by atoms with E-state index in [0.29, 0.717) is 38.8 Å². The van der Waals surface area contributed by atoms with Crippen LogP contribution in [-0.2, 0) is 20.7 Å². The van der Waals surface area contributed by atoms with E-state index < -0.39 is 11.4 Å². The number of likely N-dealkylation sites (tertiary alicyclic amines) is 1. The maximum atomic E-state index is 12.6. The molecule has 0 spiro atoms. The Morgan fingerprint density at radius 3 is 2.62 bits per heavy atom. The number of piperidine rings is 1. The first-order valence-corrected chi connectivity index (χ1v) is 9.22. The summed E-state index contributed by atoms with van der Waals surface area (Å²) < 4.78 is 10.7. The summed E-state index contributed by atoms with van der Waals surface area (Å²) in [5.74, 6) is -0.0546. The Kier molecular flexibility index (Phi) is 7.45. The summed E-state index contributed by atoms with van der Waals surface area (Å²) in [5, 5.41) is 9.59. The average Bonchev–Trinajstić information content (AvgIpc) is 2.65. The van der Waals surface area contributed by atoms with Gasteiger partial charge >= 0.3 is 5.97 Å². The fourth-order valence-corrected chi connectivity index (χ4v) is 3.36. The van der Waals surface area contributed by atoms with Crippen molar-refractivity contribution < 1.29 is 24.2 Å². The number of hydrogen-bond acceptors (Lipinski definition) is 4. The van der Waals surface area contributed by atoms with E-state index in [1.165, 1.54) is 7.11 Å². The number of carboxylic acids is 1. The van der Waals surface area contributed by atoms with E-state index in [2.05, 4.69) is 6.92 Å². The summed E-state index contributed by atoms with van der Waals surface area (Å²) in [4.78, 5) is 25.9.